The van der Waals surface area contributed by atoms with Crippen molar-refractivity contribution in [1.29, 1.82) is 0 Å². The molecule has 1 aliphatic heterocycles. The lowest BCUT2D eigenvalue weighted by atomic mass is 9.96. The van der Waals surface area contributed by atoms with Crippen molar-refractivity contribution in [3.63, 3.8) is 0 Å². The van der Waals surface area contributed by atoms with E-state index in [-0.39, 0.29) is 12.5 Å². The van der Waals surface area contributed by atoms with E-state index in [1.165, 1.54) is 23.9 Å². The average molecular weight is 488 g/mol. The normalized spacial score (nSPS) is 24.5. The van der Waals surface area contributed by atoms with Crippen LogP contribution in [0, 0.1) is 11.8 Å². The number of carbonyl (C=O) groups is 2. The molecule has 1 fully saturated rings. The van der Waals surface area contributed by atoms with Crippen LogP contribution < -0.4 is 11.3 Å². The third-order valence-corrected chi connectivity index (χ3v) is 6.02. The van der Waals surface area contributed by atoms with Crippen LogP contribution in [-0.4, -0.2) is 61.4 Å². The lowest BCUT2D eigenvalue weighted by molar-refractivity contribution is -0.169. The first kappa shape index (κ1) is 24.6. The Kier molecular flexibility index (Phi) is 6.28. The van der Waals surface area contributed by atoms with Crippen molar-refractivity contribution in [1.82, 2.24) is 20.0 Å². The fourth-order valence-electron chi connectivity index (χ4n) is 4.08. The van der Waals surface area contributed by atoms with E-state index in [4.69, 9.17) is 19.9 Å². The first-order valence-electron chi connectivity index (χ1n) is 11.3. The number of nitrogen functional groups attached to an aromatic ring is 1. The molecule has 0 radical (unpaired) electrons. The number of hydrogen-bond acceptors (Lipinski definition) is 10. The van der Waals surface area contributed by atoms with Gasteiger partial charge in [0.25, 0.3) is 5.56 Å². The number of aliphatic hydroxyl groups is 1. The van der Waals surface area contributed by atoms with Crippen molar-refractivity contribution in [2.45, 2.75) is 58.7 Å². The molecule has 4 unspecified atom stereocenters. The van der Waals surface area contributed by atoms with Gasteiger partial charge in [0.05, 0.1) is 23.4 Å². The van der Waals surface area contributed by atoms with E-state index in [9.17, 15) is 19.5 Å². The van der Waals surface area contributed by atoms with Gasteiger partial charge < -0.3 is 25.1 Å². The van der Waals surface area contributed by atoms with Crippen LogP contribution in [0.1, 0.15) is 40.8 Å². The molecule has 1 saturated heterocycles. The Bertz CT molecular complexity index is 1340. The molecule has 35 heavy (non-hydrogen) atoms. The highest BCUT2D eigenvalue weighted by Crippen LogP contribution is 2.41. The molecular formula is C23H29N5O7. The number of nitrogens with one attached hydrogen (secondary N) is 1. The number of H-pyrrole nitrogens is 1. The van der Waals surface area contributed by atoms with Gasteiger partial charge in [-0.1, -0.05) is 27.7 Å². The third kappa shape index (κ3) is 4.34. The summed E-state index contributed by atoms with van der Waals surface area (Å²) in [7, 11) is 0. The molecule has 3 aromatic rings. The maximum Gasteiger partial charge on any atom is 0.308 e. The van der Waals surface area contributed by atoms with Crippen molar-refractivity contribution < 1.29 is 28.9 Å². The van der Waals surface area contributed by atoms with Crippen LogP contribution in [0.25, 0.3) is 21.7 Å². The standard InChI is InChI=1S/C23H29N5O7/c1-10(2)20(30)33-9-16-18(35-21(31)11(3)4)23(5,32)22(34-16)28-8-13-14(24)6-12-17(13)15(27-28)7-25-26-19(12)29/h6-8,10-11,16,18,22,32H,9,24H2,1-5H3,(H,26,29). The van der Waals surface area contributed by atoms with Crippen LogP contribution in [-0.2, 0) is 23.8 Å². The summed E-state index contributed by atoms with van der Waals surface area (Å²) in [6.07, 6.45) is -0.347. The minimum Gasteiger partial charge on any atom is -0.463 e. The van der Waals surface area contributed by atoms with Crippen molar-refractivity contribution in [2.75, 3.05) is 12.3 Å². The van der Waals surface area contributed by atoms with E-state index in [0.29, 0.717) is 27.4 Å². The van der Waals surface area contributed by atoms with Gasteiger partial charge in [-0.25, -0.2) is 9.78 Å². The number of anilines is 1. The molecule has 4 rings (SSSR count). The number of ether oxygens (including phenoxy) is 3. The predicted molar refractivity (Wildman–Crippen MR) is 125 cm³/mol. The summed E-state index contributed by atoms with van der Waals surface area (Å²) in [5.74, 6) is -1.82. The number of nitrogens with zero attached hydrogens (tertiary/aromatic N) is 3. The minimum atomic E-state index is -1.77. The SMILES string of the molecule is CC(C)C(=O)OCC1OC(n2cc3c(N)cc4c(=O)[nH]ncc(n2)c34)C(C)(O)C1OC(=O)C(C)C. The molecule has 1 aliphatic rings. The Morgan fingerprint density at radius 1 is 1.26 bits per heavy atom. The number of nitrogens with two attached hydrogens (primary N) is 1. The van der Waals surface area contributed by atoms with Gasteiger partial charge in [-0.15, -0.1) is 0 Å². The summed E-state index contributed by atoms with van der Waals surface area (Å²) >= 11 is 0. The van der Waals surface area contributed by atoms with Crippen LogP contribution in [0.15, 0.2) is 23.3 Å². The van der Waals surface area contributed by atoms with Gasteiger partial charge in [-0.2, -0.15) is 10.2 Å². The fraction of sp³-hybridized carbons (Fsp3) is 0.522. The summed E-state index contributed by atoms with van der Waals surface area (Å²) in [6, 6.07) is 1.53. The van der Waals surface area contributed by atoms with Gasteiger partial charge in [-0.3, -0.25) is 14.4 Å². The quantitative estimate of drug-likeness (QED) is 0.430. The highest BCUT2D eigenvalue weighted by molar-refractivity contribution is 6.14. The van der Waals surface area contributed by atoms with Gasteiger partial charge in [0.15, 0.2) is 12.3 Å². The second-order valence-electron chi connectivity index (χ2n) is 9.55. The van der Waals surface area contributed by atoms with Gasteiger partial charge in [0.2, 0.25) is 0 Å². The molecule has 3 heterocycles. The predicted octanol–water partition coefficient (Wildman–Crippen LogP) is 1.27. The molecule has 2 aromatic heterocycles. The number of aromatic nitrogens is 4. The maximum absolute atomic E-state index is 12.4. The lowest BCUT2D eigenvalue weighted by Gasteiger charge is -2.30. The summed E-state index contributed by atoms with van der Waals surface area (Å²) in [5, 5.41) is 23.7. The largest absolute Gasteiger partial charge is 0.463 e. The summed E-state index contributed by atoms with van der Waals surface area (Å²) in [4.78, 5) is 36.8. The van der Waals surface area contributed by atoms with E-state index >= 15 is 0 Å². The Balaban J connectivity index is 1.78. The maximum atomic E-state index is 12.4. The molecule has 1 aromatic carbocycles. The van der Waals surface area contributed by atoms with Crippen LogP contribution >= 0.6 is 0 Å². The molecule has 12 nitrogen and oxygen atoms in total. The lowest BCUT2D eigenvalue weighted by Crippen LogP contribution is -2.48. The van der Waals surface area contributed by atoms with Crippen LogP contribution in [0.2, 0.25) is 0 Å². The van der Waals surface area contributed by atoms with E-state index in [1.54, 1.807) is 33.9 Å². The molecule has 0 amide bonds. The van der Waals surface area contributed by atoms with Gasteiger partial charge in [0.1, 0.15) is 23.8 Å². The minimum absolute atomic E-state index is 0.238. The Labute approximate surface area is 200 Å². The smallest absolute Gasteiger partial charge is 0.308 e. The molecule has 0 spiro atoms. The topological polar surface area (TPSA) is 172 Å². The van der Waals surface area contributed by atoms with E-state index < -0.39 is 47.5 Å². The number of hydrogen-bond donors (Lipinski definition) is 3. The van der Waals surface area contributed by atoms with Gasteiger partial charge in [-0.05, 0) is 13.0 Å². The van der Waals surface area contributed by atoms with E-state index in [2.05, 4.69) is 15.3 Å². The Morgan fingerprint density at radius 2 is 1.94 bits per heavy atom. The van der Waals surface area contributed by atoms with Crippen LogP contribution in [0.5, 0.6) is 0 Å². The monoisotopic (exact) mass is 487 g/mol. The molecular weight excluding hydrogens is 458 g/mol. The molecule has 4 atom stereocenters. The summed E-state index contributed by atoms with van der Waals surface area (Å²) in [5.41, 5.74) is 4.65. The second kappa shape index (κ2) is 8.93. The first-order chi connectivity index (χ1) is 16.4. The van der Waals surface area contributed by atoms with E-state index in [0.717, 1.165) is 0 Å². The molecule has 0 aliphatic carbocycles. The summed E-state index contributed by atoms with van der Waals surface area (Å²) < 4.78 is 18.4. The number of carbonyl (C=O) groups excluding carboxylic acids is 2. The molecule has 0 saturated carbocycles. The molecule has 0 bridgehead atoms. The zero-order valence-electron chi connectivity index (χ0n) is 20.1. The molecule has 4 N–H and O–H groups in total. The Morgan fingerprint density at radius 3 is 2.60 bits per heavy atom. The molecule has 188 valence electrons. The second-order valence-corrected chi connectivity index (χ2v) is 9.55. The third-order valence-electron chi connectivity index (χ3n) is 6.02. The molecule has 12 heteroatoms. The zero-order chi connectivity index (χ0) is 25.7. The highest BCUT2D eigenvalue weighted by Gasteiger charge is 2.57. The highest BCUT2D eigenvalue weighted by atomic mass is 16.6. The zero-order valence-corrected chi connectivity index (χ0v) is 20.1. The Hall–Kier alpha value is -3.51. The van der Waals surface area contributed by atoms with E-state index in [1.807, 2.05) is 0 Å². The number of esters is 2. The van der Waals surface area contributed by atoms with Crippen LogP contribution in [0.4, 0.5) is 5.69 Å². The fourth-order valence-corrected chi connectivity index (χ4v) is 4.08. The van der Waals surface area contributed by atoms with Gasteiger partial charge >= 0.3 is 11.9 Å². The average Bonchev–Trinajstić information content (AvgIpc) is 3.19. The number of aromatic amines is 1. The summed E-state index contributed by atoms with van der Waals surface area (Å²) in [6.45, 7) is 7.93. The van der Waals surface area contributed by atoms with Crippen molar-refractivity contribution >= 4 is 39.3 Å². The van der Waals surface area contributed by atoms with Crippen molar-refractivity contribution in [3.05, 3.63) is 28.8 Å². The first-order valence-corrected chi connectivity index (χ1v) is 11.3. The van der Waals surface area contributed by atoms with Gasteiger partial charge in [0, 0.05) is 22.7 Å². The van der Waals surface area contributed by atoms with Crippen LogP contribution in [0.3, 0.4) is 0 Å². The number of rotatable bonds is 6. The van der Waals surface area contributed by atoms with Crippen molar-refractivity contribution in [2.24, 2.45) is 11.8 Å². The van der Waals surface area contributed by atoms with Crippen molar-refractivity contribution in [3.8, 4) is 0 Å².